The van der Waals surface area contributed by atoms with Crippen LogP contribution in [0.1, 0.15) is 0 Å². The van der Waals surface area contributed by atoms with Crippen LogP contribution in [0.25, 0.3) is 86.7 Å². The minimum absolute atomic E-state index is 0.668. The molecule has 0 amide bonds. The normalized spacial score (nSPS) is 11.7. The number of nitrogens with zero attached hydrogens (tertiary/aromatic N) is 3. The topological polar surface area (TPSA) is 38.7 Å². The van der Waals surface area contributed by atoms with Crippen LogP contribution in [-0.2, 0) is 0 Å². The standard InChI is InChI=1S/C39H23N3S/c1-2-11-25(12-3-1)37-40-38(42-39(41-37)33-17-9-19-35-36(33)32-14-6-7-18-34(32)43-35)31-16-8-15-27-29-21-20-24-10-4-5-13-26(24)28(29)22-23-30(27)31/h1-23H. The smallest absolute Gasteiger partial charge is 0.164 e. The molecule has 0 aliphatic heterocycles. The highest BCUT2D eigenvalue weighted by molar-refractivity contribution is 7.25. The zero-order valence-electron chi connectivity index (χ0n) is 23.0. The first-order valence-electron chi connectivity index (χ1n) is 14.4. The molecule has 0 fully saturated rings. The molecule has 0 atom stereocenters. The summed E-state index contributed by atoms with van der Waals surface area (Å²) >= 11 is 1.80. The van der Waals surface area contributed by atoms with Gasteiger partial charge in [-0.3, -0.25) is 0 Å². The first-order valence-corrected chi connectivity index (χ1v) is 15.2. The van der Waals surface area contributed by atoms with Crippen molar-refractivity contribution in [3.63, 3.8) is 0 Å². The van der Waals surface area contributed by atoms with Crippen molar-refractivity contribution >= 4 is 63.8 Å². The number of benzene rings is 7. The van der Waals surface area contributed by atoms with E-state index in [-0.39, 0.29) is 0 Å². The second-order valence-electron chi connectivity index (χ2n) is 10.8. The second-order valence-corrected chi connectivity index (χ2v) is 11.9. The predicted molar refractivity (Wildman–Crippen MR) is 182 cm³/mol. The lowest BCUT2D eigenvalue weighted by molar-refractivity contribution is 1.08. The van der Waals surface area contributed by atoms with Crippen LogP contribution >= 0.6 is 11.3 Å². The fourth-order valence-electron chi connectivity index (χ4n) is 6.35. The van der Waals surface area contributed by atoms with E-state index in [0.717, 1.165) is 22.1 Å². The molecule has 0 aliphatic carbocycles. The Labute approximate surface area is 251 Å². The van der Waals surface area contributed by atoms with Crippen LogP contribution < -0.4 is 0 Å². The van der Waals surface area contributed by atoms with E-state index in [1.165, 1.54) is 47.1 Å². The largest absolute Gasteiger partial charge is 0.208 e. The van der Waals surface area contributed by atoms with E-state index in [1.807, 2.05) is 18.2 Å². The third-order valence-electron chi connectivity index (χ3n) is 8.34. The minimum Gasteiger partial charge on any atom is -0.208 e. The van der Waals surface area contributed by atoms with Crippen molar-refractivity contribution in [2.45, 2.75) is 0 Å². The van der Waals surface area contributed by atoms with Crippen molar-refractivity contribution in [2.75, 3.05) is 0 Å². The van der Waals surface area contributed by atoms with Crippen molar-refractivity contribution in [1.82, 2.24) is 15.0 Å². The number of hydrogen-bond acceptors (Lipinski definition) is 4. The Morgan fingerprint density at radius 1 is 0.349 bits per heavy atom. The number of thiophene rings is 1. The fourth-order valence-corrected chi connectivity index (χ4v) is 7.48. The van der Waals surface area contributed by atoms with Gasteiger partial charge in [0.15, 0.2) is 17.5 Å². The molecule has 9 aromatic rings. The quantitative estimate of drug-likeness (QED) is 0.200. The van der Waals surface area contributed by atoms with Gasteiger partial charge < -0.3 is 0 Å². The molecule has 0 radical (unpaired) electrons. The van der Waals surface area contributed by atoms with E-state index in [1.54, 1.807) is 11.3 Å². The van der Waals surface area contributed by atoms with E-state index in [9.17, 15) is 0 Å². The van der Waals surface area contributed by atoms with Crippen molar-refractivity contribution in [2.24, 2.45) is 0 Å². The average Bonchev–Trinajstić information content (AvgIpc) is 3.47. The maximum Gasteiger partial charge on any atom is 0.164 e. The summed E-state index contributed by atoms with van der Waals surface area (Å²) in [6.45, 7) is 0. The highest BCUT2D eigenvalue weighted by Crippen LogP contribution is 2.40. The van der Waals surface area contributed by atoms with Crippen molar-refractivity contribution in [1.29, 1.82) is 0 Å². The molecule has 9 rings (SSSR count). The van der Waals surface area contributed by atoms with Gasteiger partial charge in [-0.1, -0.05) is 127 Å². The highest BCUT2D eigenvalue weighted by atomic mass is 32.1. The van der Waals surface area contributed by atoms with Crippen LogP contribution in [-0.4, -0.2) is 15.0 Å². The van der Waals surface area contributed by atoms with Gasteiger partial charge in [0.2, 0.25) is 0 Å². The third kappa shape index (κ3) is 3.84. The maximum atomic E-state index is 5.20. The molecule has 0 spiro atoms. The Balaban J connectivity index is 1.33. The molecule has 200 valence electrons. The van der Waals surface area contributed by atoms with Gasteiger partial charge in [0.05, 0.1) is 0 Å². The lowest BCUT2D eigenvalue weighted by atomic mass is 9.95. The van der Waals surface area contributed by atoms with Gasteiger partial charge in [0.1, 0.15) is 0 Å². The van der Waals surface area contributed by atoms with Crippen LogP contribution in [0.5, 0.6) is 0 Å². The Hall–Kier alpha value is -5.45. The molecular formula is C39H23N3S. The van der Waals surface area contributed by atoms with Gasteiger partial charge >= 0.3 is 0 Å². The van der Waals surface area contributed by atoms with Gasteiger partial charge in [-0.25, -0.2) is 15.0 Å². The molecule has 0 saturated carbocycles. The van der Waals surface area contributed by atoms with Gasteiger partial charge in [0.25, 0.3) is 0 Å². The summed E-state index contributed by atoms with van der Waals surface area (Å²) in [5.41, 5.74) is 2.98. The fraction of sp³-hybridized carbons (Fsp3) is 0. The van der Waals surface area contributed by atoms with Gasteiger partial charge in [-0.15, -0.1) is 11.3 Å². The lowest BCUT2D eigenvalue weighted by Gasteiger charge is -2.13. The monoisotopic (exact) mass is 565 g/mol. The van der Waals surface area contributed by atoms with E-state index < -0.39 is 0 Å². The van der Waals surface area contributed by atoms with E-state index in [2.05, 4.69) is 121 Å². The molecule has 43 heavy (non-hydrogen) atoms. The molecule has 4 heteroatoms. The van der Waals surface area contributed by atoms with Gasteiger partial charge in [0, 0.05) is 36.9 Å². The Bertz CT molecular complexity index is 2510. The van der Waals surface area contributed by atoms with Gasteiger partial charge in [-0.05, 0) is 44.5 Å². The summed E-state index contributed by atoms with van der Waals surface area (Å²) in [7, 11) is 0. The molecule has 0 saturated heterocycles. The van der Waals surface area contributed by atoms with Crippen LogP contribution in [0.15, 0.2) is 140 Å². The number of aromatic nitrogens is 3. The summed E-state index contributed by atoms with van der Waals surface area (Å²) in [6.07, 6.45) is 0. The summed E-state index contributed by atoms with van der Waals surface area (Å²) in [4.78, 5) is 15.4. The van der Waals surface area contributed by atoms with Crippen molar-refractivity contribution in [3.05, 3.63) is 140 Å². The zero-order valence-corrected chi connectivity index (χ0v) is 23.8. The van der Waals surface area contributed by atoms with Crippen LogP contribution in [0.2, 0.25) is 0 Å². The predicted octanol–water partition coefficient (Wildman–Crippen LogP) is 10.7. The SMILES string of the molecule is c1ccc(-c2nc(-c3cccc4c3ccc3c5ccccc5ccc43)nc(-c3cccc4sc5ccccc5c34)n2)cc1. The van der Waals surface area contributed by atoms with Crippen molar-refractivity contribution < 1.29 is 0 Å². The van der Waals surface area contributed by atoms with Gasteiger partial charge in [-0.2, -0.15) is 0 Å². The van der Waals surface area contributed by atoms with Crippen LogP contribution in [0, 0.1) is 0 Å². The number of hydrogen-bond donors (Lipinski definition) is 0. The highest BCUT2D eigenvalue weighted by Gasteiger charge is 2.18. The molecule has 7 aromatic carbocycles. The van der Waals surface area contributed by atoms with Crippen LogP contribution in [0.3, 0.4) is 0 Å². The summed E-state index contributed by atoms with van der Waals surface area (Å²) in [5, 5.41) is 9.72. The van der Waals surface area contributed by atoms with Crippen LogP contribution in [0.4, 0.5) is 0 Å². The molecule has 0 N–H and O–H groups in total. The summed E-state index contributed by atoms with van der Waals surface area (Å²) in [5.74, 6) is 2.02. The molecule has 2 heterocycles. The molecule has 0 unspecified atom stereocenters. The summed E-state index contributed by atoms with van der Waals surface area (Å²) in [6, 6.07) is 49.1. The Morgan fingerprint density at radius 2 is 0.930 bits per heavy atom. The number of rotatable bonds is 3. The molecule has 0 aliphatic rings. The first-order chi connectivity index (χ1) is 21.3. The Morgan fingerprint density at radius 3 is 1.84 bits per heavy atom. The zero-order chi connectivity index (χ0) is 28.3. The number of fused-ring (bicyclic) bond motifs is 8. The minimum atomic E-state index is 0.668. The first kappa shape index (κ1) is 24.2. The molecule has 3 nitrogen and oxygen atoms in total. The summed E-state index contributed by atoms with van der Waals surface area (Å²) < 4.78 is 2.49. The van der Waals surface area contributed by atoms with Crippen molar-refractivity contribution in [3.8, 4) is 34.2 Å². The second kappa shape index (κ2) is 9.55. The lowest BCUT2D eigenvalue weighted by Crippen LogP contribution is -2.00. The maximum absolute atomic E-state index is 5.20. The Kier molecular flexibility index (Phi) is 5.37. The van der Waals surface area contributed by atoms with E-state index in [0.29, 0.717) is 17.5 Å². The van der Waals surface area contributed by atoms with E-state index >= 15 is 0 Å². The molecular weight excluding hydrogens is 543 g/mol. The average molecular weight is 566 g/mol. The van der Waals surface area contributed by atoms with E-state index in [4.69, 9.17) is 15.0 Å². The molecule has 0 bridgehead atoms. The third-order valence-corrected chi connectivity index (χ3v) is 9.47. The molecule has 2 aromatic heterocycles.